The maximum absolute atomic E-state index is 14.0. The molecule has 4 rings (SSSR count). The first-order valence-corrected chi connectivity index (χ1v) is 11.3. The van der Waals surface area contributed by atoms with E-state index in [1.54, 1.807) is 43.5 Å². The molecule has 1 aromatic heterocycles. The fourth-order valence-electron chi connectivity index (χ4n) is 4.34. The first kappa shape index (κ1) is 25.2. The van der Waals surface area contributed by atoms with Crippen LogP contribution < -0.4 is 24.8 Å². The number of alkyl halides is 3. The molecular formula is C25H27F3N4O4. The molecule has 192 valence electrons. The predicted molar refractivity (Wildman–Crippen MR) is 127 cm³/mol. The van der Waals surface area contributed by atoms with E-state index in [-0.39, 0.29) is 24.3 Å². The van der Waals surface area contributed by atoms with Crippen LogP contribution in [0.15, 0.2) is 48.7 Å². The first-order valence-electron chi connectivity index (χ1n) is 11.3. The number of rotatable bonds is 8. The van der Waals surface area contributed by atoms with Crippen LogP contribution >= 0.6 is 0 Å². The minimum atomic E-state index is -4.55. The average molecular weight is 505 g/mol. The first-order chi connectivity index (χ1) is 17.3. The van der Waals surface area contributed by atoms with Gasteiger partial charge in [-0.2, -0.15) is 18.3 Å². The smallest absolute Gasteiger partial charge is 0.410 e. The summed E-state index contributed by atoms with van der Waals surface area (Å²) >= 11 is 0. The maximum Gasteiger partial charge on any atom is 0.410 e. The van der Waals surface area contributed by atoms with Crippen molar-refractivity contribution in [3.8, 4) is 17.2 Å². The van der Waals surface area contributed by atoms with Crippen LogP contribution in [-0.2, 0) is 6.42 Å². The monoisotopic (exact) mass is 504 g/mol. The standard InChI is InChI=1S/C25H27F3N4O4/c1-34-19-7-5-4-6-16(19)18-13-22(25(26,27)28)32-23(31-18)17(14-30-32)24(33)29-11-10-15-8-9-20(35-2)21(12-15)36-3/h4-9,12,14,18,22,31H,10-11,13H2,1-3H3,(H,29,33)/t18-,22-/m0/s1. The number of fused-ring (bicyclic) bond motifs is 1. The average Bonchev–Trinajstić information content (AvgIpc) is 3.31. The van der Waals surface area contributed by atoms with Crippen LogP contribution in [0.4, 0.5) is 19.0 Å². The Balaban J connectivity index is 1.54. The van der Waals surface area contributed by atoms with E-state index < -0.39 is 24.2 Å². The summed E-state index contributed by atoms with van der Waals surface area (Å²) in [7, 11) is 4.54. The van der Waals surface area contributed by atoms with Gasteiger partial charge < -0.3 is 24.8 Å². The molecule has 11 heteroatoms. The van der Waals surface area contributed by atoms with Crippen molar-refractivity contribution in [1.82, 2.24) is 15.1 Å². The summed E-state index contributed by atoms with van der Waals surface area (Å²) in [6.07, 6.45) is -3.20. The number of ether oxygens (including phenoxy) is 3. The van der Waals surface area contributed by atoms with Gasteiger partial charge >= 0.3 is 6.18 Å². The Labute approximate surface area is 206 Å². The summed E-state index contributed by atoms with van der Waals surface area (Å²) in [5, 5.41) is 9.77. The Bertz CT molecular complexity index is 1230. The summed E-state index contributed by atoms with van der Waals surface area (Å²) in [5.74, 6) is 1.11. The van der Waals surface area contributed by atoms with E-state index in [4.69, 9.17) is 14.2 Å². The number of para-hydroxylation sites is 1. The van der Waals surface area contributed by atoms with Crippen LogP contribution in [0.2, 0.25) is 0 Å². The largest absolute Gasteiger partial charge is 0.496 e. The Hall–Kier alpha value is -3.89. The van der Waals surface area contributed by atoms with Crippen molar-refractivity contribution in [3.63, 3.8) is 0 Å². The zero-order chi connectivity index (χ0) is 25.9. The van der Waals surface area contributed by atoms with Crippen LogP contribution in [0.3, 0.4) is 0 Å². The quantitative estimate of drug-likeness (QED) is 0.469. The van der Waals surface area contributed by atoms with Gasteiger partial charge in [0.25, 0.3) is 5.91 Å². The lowest BCUT2D eigenvalue weighted by atomic mass is 9.95. The fourth-order valence-corrected chi connectivity index (χ4v) is 4.34. The highest BCUT2D eigenvalue weighted by Gasteiger charge is 2.47. The molecule has 2 aromatic carbocycles. The van der Waals surface area contributed by atoms with Gasteiger partial charge in [-0.3, -0.25) is 4.79 Å². The molecular weight excluding hydrogens is 477 g/mol. The van der Waals surface area contributed by atoms with Gasteiger partial charge in [-0.1, -0.05) is 24.3 Å². The van der Waals surface area contributed by atoms with Gasteiger partial charge in [0.05, 0.1) is 33.6 Å². The number of hydrogen-bond donors (Lipinski definition) is 2. The summed E-state index contributed by atoms with van der Waals surface area (Å²) in [6.45, 7) is 0.261. The second-order valence-electron chi connectivity index (χ2n) is 8.28. The molecule has 3 aromatic rings. The number of carbonyl (C=O) groups is 1. The summed E-state index contributed by atoms with van der Waals surface area (Å²) < 4.78 is 58.6. The number of carbonyl (C=O) groups excluding carboxylic acids is 1. The van der Waals surface area contributed by atoms with E-state index in [0.29, 0.717) is 29.2 Å². The molecule has 0 unspecified atom stereocenters. The lowest BCUT2D eigenvalue weighted by Crippen LogP contribution is -2.36. The van der Waals surface area contributed by atoms with Gasteiger partial charge in [-0.05, 0) is 30.2 Å². The lowest BCUT2D eigenvalue weighted by molar-refractivity contribution is -0.173. The van der Waals surface area contributed by atoms with Crippen molar-refractivity contribution < 1.29 is 32.2 Å². The normalized spacial score (nSPS) is 17.1. The summed E-state index contributed by atoms with van der Waals surface area (Å²) in [5.41, 5.74) is 1.51. The number of nitrogens with zero attached hydrogens (tertiary/aromatic N) is 2. The molecule has 1 amide bonds. The molecule has 0 radical (unpaired) electrons. The van der Waals surface area contributed by atoms with Gasteiger partial charge in [0.1, 0.15) is 17.1 Å². The van der Waals surface area contributed by atoms with Crippen LogP contribution in [0, 0.1) is 0 Å². The van der Waals surface area contributed by atoms with E-state index in [1.165, 1.54) is 14.2 Å². The number of benzene rings is 2. The Morgan fingerprint density at radius 3 is 2.50 bits per heavy atom. The van der Waals surface area contributed by atoms with E-state index in [1.807, 2.05) is 6.07 Å². The van der Waals surface area contributed by atoms with Crippen molar-refractivity contribution in [2.45, 2.75) is 31.1 Å². The zero-order valence-electron chi connectivity index (χ0n) is 20.1. The topological polar surface area (TPSA) is 86.6 Å². The van der Waals surface area contributed by atoms with Crippen molar-refractivity contribution >= 4 is 11.7 Å². The Morgan fingerprint density at radius 1 is 1.08 bits per heavy atom. The van der Waals surface area contributed by atoms with Crippen LogP contribution in [0.25, 0.3) is 0 Å². The van der Waals surface area contributed by atoms with E-state index >= 15 is 0 Å². The molecule has 8 nitrogen and oxygen atoms in total. The van der Waals surface area contributed by atoms with Crippen molar-refractivity contribution in [2.75, 3.05) is 33.2 Å². The summed E-state index contributed by atoms with van der Waals surface area (Å²) in [6, 6.07) is 9.68. The minimum absolute atomic E-state index is 0.0168. The third kappa shape index (κ3) is 5.05. The Kier molecular flexibility index (Phi) is 7.27. The van der Waals surface area contributed by atoms with E-state index in [0.717, 1.165) is 16.4 Å². The highest BCUT2D eigenvalue weighted by molar-refractivity contribution is 5.98. The van der Waals surface area contributed by atoms with Gasteiger partial charge in [0.2, 0.25) is 0 Å². The molecule has 0 saturated heterocycles. The highest BCUT2D eigenvalue weighted by Crippen LogP contribution is 2.45. The third-order valence-corrected chi connectivity index (χ3v) is 6.14. The number of hydrogen-bond acceptors (Lipinski definition) is 6. The molecule has 2 N–H and O–H groups in total. The van der Waals surface area contributed by atoms with Crippen LogP contribution in [-0.4, -0.2) is 49.7 Å². The van der Waals surface area contributed by atoms with E-state index in [2.05, 4.69) is 15.7 Å². The molecule has 0 spiro atoms. The Morgan fingerprint density at radius 2 is 1.81 bits per heavy atom. The molecule has 0 saturated carbocycles. The second-order valence-corrected chi connectivity index (χ2v) is 8.28. The fraction of sp³-hybridized carbons (Fsp3) is 0.360. The maximum atomic E-state index is 14.0. The van der Waals surface area contributed by atoms with Crippen molar-refractivity contribution in [1.29, 1.82) is 0 Å². The number of anilines is 1. The van der Waals surface area contributed by atoms with Gasteiger partial charge in [-0.25, -0.2) is 4.68 Å². The van der Waals surface area contributed by atoms with Crippen molar-refractivity contribution in [2.24, 2.45) is 0 Å². The van der Waals surface area contributed by atoms with Crippen LogP contribution in [0.1, 0.15) is 40.0 Å². The van der Waals surface area contributed by atoms with E-state index in [9.17, 15) is 18.0 Å². The van der Waals surface area contributed by atoms with Gasteiger partial charge in [-0.15, -0.1) is 0 Å². The van der Waals surface area contributed by atoms with Gasteiger partial charge in [0.15, 0.2) is 17.5 Å². The SMILES string of the molecule is COc1ccc(CCNC(=O)c2cnn3c2N[C@H](c2ccccc2OC)C[C@H]3C(F)(F)F)cc1OC. The predicted octanol–water partition coefficient (Wildman–Crippen LogP) is 4.54. The number of amides is 1. The summed E-state index contributed by atoms with van der Waals surface area (Å²) in [4.78, 5) is 13.0. The second kappa shape index (κ2) is 10.4. The van der Waals surface area contributed by atoms with Gasteiger partial charge in [0, 0.05) is 18.5 Å². The molecule has 1 aliphatic rings. The molecule has 2 atom stereocenters. The molecule has 36 heavy (non-hydrogen) atoms. The third-order valence-electron chi connectivity index (χ3n) is 6.14. The zero-order valence-corrected chi connectivity index (χ0v) is 20.1. The molecule has 0 fully saturated rings. The molecule has 2 heterocycles. The van der Waals surface area contributed by atoms with Crippen molar-refractivity contribution in [3.05, 3.63) is 65.4 Å². The number of halogens is 3. The molecule has 1 aliphatic heterocycles. The minimum Gasteiger partial charge on any atom is -0.496 e. The number of nitrogens with one attached hydrogen (secondary N) is 2. The molecule has 0 aliphatic carbocycles. The molecule has 0 bridgehead atoms. The van der Waals surface area contributed by atoms with Crippen LogP contribution in [0.5, 0.6) is 17.2 Å². The lowest BCUT2D eigenvalue weighted by Gasteiger charge is -2.34. The number of aromatic nitrogens is 2. The number of methoxy groups -OCH3 is 3. The highest BCUT2D eigenvalue weighted by atomic mass is 19.4.